The fourth-order valence-corrected chi connectivity index (χ4v) is 3.33. The van der Waals surface area contributed by atoms with Crippen molar-refractivity contribution in [2.45, 2.75) is 17.8 Å². The first-order valence-electron chi connectivity index (χ1n) is 8.36. The Morgan fingerprint density at radius 1 is 0.710 bits per heavy atom. The average molecular weight is 444 g/mol. The number of carboxylic acids is 2. The monoisotopic (exact) mass is 444 g/mol. The van der Waals surface area contributed by atoms with Gasteiger partial charge in [0.2, 0.25) is 5.41 Å². The summed E-state index contributed by atoms with van der Waals surface area (Å²) in [6.45, 7) is 6.44. The molecule has 0 saturated heterocycles. The molecule has 31 heavy (non-hydrogen) atoms. The zero-order valence-electron chi connectivity index (χ0n) is 15.5. The van der Waals surface area contributed by atoms with E-state index in [1.807, 2.05) is 0 Å². The van der Waals surface area contributed by atoms with E-state index in [0.29, 0.717) is 48.6 Å². The quantitative estimate of drug-likeness (QED) is 0.554. The molecule has 0 heterocycles. The predicted molar refractivity (Wildman–Crippen MR) is 99.9 cm³/mol. The Hall–Kier alpha value is -3.56. The Balaban J connectivity index is 3.12. The minimum absolute atomic E-state index is 0.430. The Bertz CT molecular complexity index is 981. The number of alkyl halides is 6. The summed E-state index contributed by atoms with van der Waals surface area (Å²) in [5.74, 6) is -3.12. The maximum Gasteiger partial charge on any atom is 0.411 e. The molecule has 164 valence electrons. The lowest BCUT2D eigenvalue weighted by Gasteiger charge is -2.40. The molecule has 0 amide bonds. The molecule has 0 saturated carbocycles. The van der Waals surface area contributed by atoms with Crippen LogP contribution in [0.2, 0.25) is 0 Å². The third-order valence-corrected chi connectivity index (χ3v) is 4.70. The van der Waals surface area contributed by atoms with Gasteiger partial charge in [-0.05, 0) is 46.5 Å². The van der Waals surface area contributed by atoms with Crippen molar-refractivity contribution in [3.63, 3.8) is 0 Å². The molecule has 0 radical (unpaired) electrons. The first-order chi connectivity index (χ1) is 14.2. The molecule has 0 aliphatic rings. The van der Waals surface area contributed by atoms with Gasteiger partial charge in [-0.3, -0.25) is 0 Å². The highest BCUT2D eigenvalue weighted by atomic mass is 19.4. The largest absolute Gasteiger partial charge is 0.478 e. The van der Waals surface area contributed by atoms with Crippen LogP contribution in [0.1, 0.15) is 43.0 Å². The van der Waals surface area contributed by atoms with E-state index in [0.717, 1.165) is 0 Å². The standard InChI is InChI=1S/C21H14F6O4/c1-3-11-9-13(17(28)29)5-7-15(11)19(20(22,23)24,21(25,26)27)16-8-6-14(18(30)31)10-12(16)4-2/h3-10H,1-2H2,(H,28,29)(H,30,31). The van der Waals surface area contributed by atoms with Crippen LogP contribution in [0.3, 0.4) is 0 Å². The Labute approximate surface area is 171 Å². The van der Waals surface area contributed by atoms with Gasteiger partial charge in [0.05, 0.1) is 11.1 Å². The molecular formula is C21H14F6O4. The van der Waals surface area contributed by atoms with Crippen LogP contribution >= 0.6 is 0 Å². The van der Waals surface area contributed by atoms with Crippen molar-refractivity contribution < 1.29 is 46.1 Å². The lowest BCUT2D eigenvalue weighted by Crippen LogP contribution is -2.55. The van der Waals surface area contributed by atoms with Gasteiger partial charge in [0, 0.05) is 0 Å². The number of aromatic carboxylic acids is 2. The molecule has 2 aromatic rings. The minimum Gasteiger partial charge on any atom is -0.478 e. The van der Waals surface area contributed by atoms with Crippen LogP contribution in [0, 0.1) is 0 Å². The van der Waals surface area contributed by atoms with Gasteiger partial charge in [-0.2, -0.15) is 26.3 Å². The van der Waals surface area contributed by atoms with Crippen molar-refractivity contribution in [3.05, 3.63) is 82.9 Å². The first-order valence-corrected chi connectivity index (χ1v) is 8.36. The third-order valence-electron chi connectivity index (χ3n) is 4.70. The summed E-state index contributed by atoms with van der Waals surface area (Å²) < 4.78 is 86.2. The lowest BCUT2D eigenvalue weighted by atomic mass is 9.69. The van der Waals surface area contributed by atoms with Crippen LogP contribution in [0.25, 0.3) is 12.2 Å². The number of hydrogen-bond acceptors (Lipinski definition) is 2. The van der Waals surface area contributed by atoms with E-state index in [9.17, 15) is 35.9 Å². The summed E-state index contributed by atoms with van der Waals surface area (Å²) in [6.07, 6.45) is -10.5. The molecular weight excluding hydrogens is 430 g/mol. The summed E-state index contributed by atoms with van der Waals surface area (Å²) in [7, 11) is 0. The van der Waals surface area contributed by atoms with Gasteiger partial charge in [-0.25, -0.2) is 9.59 Å². The highest BCUT2D eigenvalue weighted by molar-refractivity contribution is 5.90. The van der Waals surface area contributed by atoms with Gasteiger partial charge in [-0.15, -0.1) is 0 Å². The lowest BCUT2D eigenvalue weighted by molar-refractivity contribution is -0.288. The molecule has 0 unspecified atom stereocenters. The molecule has 4 nitrogen and oxygen atoms in total. The highest BCUT2D eigenvalue weighted by Gasteiger charge is 2.73. The van der Waals surface area contributed by atoms with Crippen LogP contribution in [0.15, 0.2) is 49.6 Å². The molecule has 0 aliphatic heterocycles. The minimum atomic E-state index is -5.96. The Kier molecular flexibility index (Phi) is 6.07. The van der Waals surface area contributed by atoms with Crippen LogP contribution < -0.4 is 0 Å². The smallest absolute Gasteiger partial charge is 0.411 e. The fourth-order valence-electron chi connectivity index (χ4n) is 3.33. The average Bonchev–Trinajstić information content (AvgIpc) is 2.66. The molecule has 0 bridgehead atoms. The maximum absolute atomic E-state index is 14.4. The molecule has 0 atom stereocenters. The van der Waals surface area contributed by atoms with Crippen molar-refractivity contribution in [3.8, 4) is 0 Å². The van der Waals surface area contributed by atoms with Crippen LogP contribution in [-0.2, 0) is 5.41 Å². The number of halogens is 6. The van der Waals surface area contributed by atoms with Crippen molar-refractivity contribution in [1.82, 2.24) is 0 Å². The van der Waals surface area contributed by atoms with Gasteiger partial charge in [0.25, 0.3) is 0 Å². The van der Waals surface area contributed by atoms with Crippen molar-refractivity contribution in [2.24, 2.45) is 0 Å². The molecule has 2 rings (SSSR count). The summed E-state index contributed by atoms with van der Waals surface area (Å²) in [4.78, 5) is 22.3. The summed E-state index contributed by atoms with van der Waals surface area (Å²) in [5, 5.41) is 18.1. The van der Waals surface area contributed by atoms with Crippen molar-refractivity contribution >= 4 is 24.1 Å². The molecule has 10 heteroatoms. The van der Waals surface area contributed by atoms with E-state index < -0.39 is 63.1 Å². The number of hydrogen-bond donors (Lipinski definition) is 2. The van der Waals surface area contributed by atoms with Gasteiger partial charge < -0.3 is 10.2 Å². The van der Waals surface area contributed by atoms with E-state index in [1.54, 1.807) is 0 Å². The van der Waals surface area contributed by atoms with E-state index >= 15 is 0 Å². The number of carboxylic acid groups (broad SMARTS) is 2. The van der Waals surface area contributed by atoms with Gasteiger partial charge in [0.15, 0.2) is 0 Å². The van der Waals surface area contributed by atoms with Gasteiger partial charge >= 0.3 is 24.3 Å². The topological polar surface area (TPSA) is 74.6 Å². The molecule has 0 aliphatic carbocycles. The van der Waals surface area contributed by atoms with Crippen molar-refractivity contribution in [2.75, 3.05) is 0 Å². The Morgan fingerprint density at radius 2 is 1.03 bits per heavy atom. The summed E-state index contributed by atoms with van der Waals surface area (Å²) >= 11 is 0. The molecule has 0 spiro atoms. The number of benzene rings is 2. The van der Waals surface area contributed by atoms with Gasteiger partial charge in [0.1, 0.15) is 0 Å². The zero-order chi connectivity index (χ0) is 23.8. The third kappa shape index (κ3) is 3.80. The normalized spacial score (nSPS) is 12.3. The fraction of sp³-hybridized carbons (Fsp3) is 0.143. The summed E-state index contributed by atoms with van der Waals surface area (Å²) in [5.41, 5.74) is -9.72. The first kappa shape index (κ1) is 23.7. The molecule has 2 N–H and O–H groups in total. The predicted octanol–water partition coefficient (Wildman–Crippen LogP) is 5.78. The van der Waals surface area contributed by atoms with Crippen LogP contribution in [-0.4, -0.2) is 34.5 Å². The maximum atomic E-state index is 14.4. The molecule has 2 aromatic carbocycles. The molecule has 0 aromatic heterocycles. The van der Waals surface area contributed by atoms with Crippen LogP contribution in [0.4, 0.5) is 26.3 Å². The highest BCUT2D eigenvalue weighted by Crippen LogP contribution is 2.58. The second-order valence-corrected chi connectivity index (χ2v) is 6.37. The second kappa shape index (κ2) is 7.93. The Morgan fingerprint density at radius 3 is 1.26 bits per heavy atom. The summed E-state index contributed by atoms with van der Waals surface area (Å²) in [6, 6.07) is 3.40. The van der Waals surface area contributed by atoms with Crippen LogP contribution in [0.5, 0.6) is 0 Å². The number of rotatable bonds is 6. The van der Waals surface area contributed by atoms with E-state index in [-0.39, 0.29) is 0 Å². The second-order valence-electron chi connectivity index (χ2n) is 6.37. The molecule has 0 fully saturated rings. The van der Waals surface area contributed by atoms with Gasteiger partial charge in [-0.1, -0.05) is 37.4 Å². The van der Waals surface area contributed by atoms with Crippen molar-refractivity contribution in [1.29, 1.82) is 0 Å². The number of carbonyl (C=O) groups is 2. The van der Waals surface area contributed by atoms with E-state index in [2.05, 4.69) is 13.2 Å². The van der Waals surface area contributed by atoms with E-state index in [1.165, 1.54) is 0 Å². The SMILES string of the molecule is C=Cc1cc(C(=O)O)ccc1C(c1ccc(C(=O)O)cc1C=C)(C(F)(F)F)C(F)(F)F. The van der Waals surface area contributed by atoms with E-state index in [4.69, 9.17) is 10.2 Å². The zero-order valence-corrected chi connectivity index (χ0v) is 15.5.